The second kappa shape index (κ2) is 7.55. The van der Waals surface area contributed by atoms with E-state index in [0.717, 1.165) is 11.3 Å². The first-order valence-electron chi connectivity index (χ1n) is 6.76. The van der Waals surface area contributed by atoms with Crippen LogP contribution in [0.25, 0.3) is 0 Å². The van der Waals surface area contributed by atoms with E-state index < -0.39 is 11.6 Å². The maximum Gasteiger partial charge on any atom is 0.129 e. The zero-order valence-electron chi connectivity index (χ0n) is 11.8. The van der Waals surface area contributed by atoms with Crippen molar-refractivity contribution < 1.29 is 13.5 Å². The molecule has 0 amide bonds. The van der Waals surface area contributed by atoms with Crippen molar-refractivity contribution in [1.29, 1.82) is 0 Å². The van der Waals surface area contributed by atoms with Crippen LogP contribution in [0.4, 0.5) is 8.78 Å². The molecule has 21 heavy (non-hydrogen) atoms. The maximum atomic E-state index is 13.8. The zero-order chi connectivity index (χ0) is 15.2. The van der Waals surface area contributed by atoms with Crippen molar-refractivity contribution in [1.82, 2.24) is 0 Å². The number of hydrogen-bond acceptors (Lipinski definition) is 1. The summed E-state index contributed by atoms with van der Waals surface area (Å²) < 4.78 is 32.8. The normalized spacial score (nSPS) is 12.2. The molecule has 0 aromatic heterocycles. The average molecular weight is 355 g/mol. The van der Waals surface area contributed by atoms with Gasteiger partial charge in [0.25, 0.3) is 0 Å². The van der Waals surface area contributed by atoms with Crippen LogP contribution in [-0.2, 0) is 12.8 Å². The Balaban J connectivity index is 2.17. The Morgan fingerprint density at radius 3 is 2.29 bits per heavy atom. The zero-order valence-corrected chi connectivity index (χ0v) is 13.4. The highest BCUT2D eigenvalue weighted by Gasteiger charge is 2.17. The lowest BCUT2D eigenvalue weighted by atomic mass is 9.93. The predicted octanol–water partition coefficient (Wildman–Crippen LogP) is 4.77. The van der Waals surface area contributed by atoms with E-state index in [1.807, 2.05) is 24.3 Å². The van der Waals surface area contributed by atoms with Gasteiger partial charge in [0.15, 0.2) is 0 Å². The fourth-order valence-electron chi connectivity index (χ4n) is 2.38. The van der Waals surface area contributed by atoms with E-state index in [1.54, 1.807) is 7.11 Å². The molecule has 112 valence electrons. The summed E-state index contributed by atoms with van der Waals surface area (Å²) in [6.07, 6.45) is 1.05. The highest BCUT2D eigenvalue weighted by atomic mass is 79.9. The molecule has 2 aromatic rings. The van der Waals surface area contributed by atoms with Crippen molar-refractivity contribution in [2.45, 2.75) is 12.8 Å². The fraction of sp³-hybridized carbons (Fsp3) is 0.294. The van der Waals surface area contributed by atoms with Crippen LogP contribution in [0.15, 0.2) is 42.5 Å². The van der Waals surface area contributed by atoms with E-state index in [2.05, 4.69) is 15.9 Å². The van der Waals surface area contributed by atoms with Gasteiger partial charge in [0.1, 0.15) is 17.4 Å². The van der Waals surface area contributed by atoms with Crippen LogP contribution in [-0.4, -0.2) is 12.4 Å². The molecule has 1 unspecified atom stereocenters. The summed E-state index contributed by atoms with van der Waals surface area (Å²) in [6.45, 7) is 0. The lowest BCUT2D eigenvalue weighted by Crippen LogP contribution is -2.13. The molecule has 0 radical (unpaired) electrons. The number of ether oxygens (including phenoxy) is 1. The molecule has 1 nitrogen and oxygen atoms in total. The first kappa shape index (κ1) is 16.0. The second-order valence-corrected chi connectivity index (χ2v) is 5.59. The van der Waals surface area contributed by atoms with Crippen molar-refractivity contribution in [3.8, 4) is 5.75 Å². The summed E-state index contributed by atoms with van der Waals surface area (Å²) in [6, 6.07) is 11.7. The largest absolute Gasteiger partial charge is 0.496 e. The van der Waals surface area contributed by atoms with Crippen molar-refractivity contribution >= 4 is 15.9 Å². The first-order valence-corrected chi connectivity index (χ1v) is 7.88. The van der Waals surface area contributed by atoms with Crippen LogP contribution in [0.2, 0.25) is 0 Å². The van der Waals surface area contributed by atoms with Crippen molar-refractivity contribution in [3.63, 3.8) is 0 Å². The fourth-order valence-corrected chi connectivity index (χ4v) is 2.84. The molecule has 0 bridgehead atoms. The van der Waals surface area contributed by atoms with E-state index in [-0.39, 0.29) is 11.5 Å². The van der Waals surface area contributed by atoms with Gasteiger partial charge in [0, 0.05) is 10.9 Å². The maximum absolute atomic E-state index is 13.8. The minimum atomic E-state index is -0.485. The molecule has 0 heterocycles. The van der Waals surface area contributed by atoms with Gasteiger partial charge in [0.2, 0.25) is 0 Å². The van der Waals surface area contributed by atoms with Gasteiger partial charge in [-0.05, 0) is 42.5 Å². The number of alkyl halides is 1. The van der Waals surface area contributed by atoms with Gasteiger partial charge < -0.3 is 4.74 Å². The molecule has 0 aliphatic heterocycles. The van der Waals surface area contributed by atoms with Gasteiger partial charge in [-0.25, -0.2) is 8.78 Å². The molecule has 1 atom stereocenters. The second-order valence-electron chi connectivity index (χ2n) is 4.94. The topological polar surface area (TPSA) is 9.23 Å². The Labute approximate surface area is 132 Å². The van der Waals surface area contributed by atoms with Gasteiger partial charge in [0.05, 0.1) is 7.11 Å². The minimum Gasteiger partial charge on any atom is -0.496 e. The Morgan fingerprint density at radius 2 is 1.67 bits per heavy atom. The Bertz CT molecular complexity index is 581. The number of methoxy groups -OCH3 is 1. The molecular formula is C17H17BrF2O. The van der Waals surface area contributed by atoms with Crippen LogP contribution in [0, 0.1) is 17.6 Å². The SMILES string of the molecule is COc1ccccc1CC(CBr)Cc1c(F)cccc1F. The van der Waals surface area contributed by atoms with Crippen LogP contribution < -0.4 is 4.74 Å². The Hall–Kier alpha value is -1.42. The van der Waals surface area contributed by atoms with Gasteiger partial charge in [-0.15, -0.1) is 0 Å². The lowest BCUT2D eigenvalue weighted by molar-refractivity contribution is 0.405. The van der Waals surface area contributed by atoms with Gasteiger partial charge >= 0.3 is 0 Å². The van der Waals surface area contributed by atoms with E-state index in [9.17, 15) is 8.78 Å². The smallest absolute Gasteiger partial charge is 0.129 e. The van der Waals surface area contributed by atoms with Crippen molar-refractivity contribution in [2.24, 2.45) is 5.92 Å². The monoisotopic (exact) mass is 354 g/mol. The molecule has 2 rings (SSSR count). The summed E-state index contributed by atoms with van der Waals surface area (Å²) in [4.78, 5) is 0. The number of hydrogen-bond donors (Lipinski definition) is 0. The summed E-state index contributed by atoms with van der Waals surface area (Å²) >= 11 is 3.44. The molecule has 0 N–H and O–H groups in total. The minimum absolute atomic E-state index is 0.0905. The summed E-state index contributed by atoms with van der Waals surface area (Å²) in [5, 5.41) is 0.665. The summed E-state index contributed by atoms with van der Waals surface area (Å²) in [5.41, 5.74) is 1.19. The molecule has 0 fully saturated rings. The Morgan fingerprint density at radius 1 is 1.00 bits per heavy atom. The van der Waals surface area contributed by atoms with Gasteiger partial charge in [-0.3, -0.25) is 0 Å². The van der Waals surface area contributed by atoms with E-state index >= 15 is 0 Å². The molecule has 4 heteroatoms. The number of benzene rings is 2. The predicted molar refractivity (Wildman–Crippen MR) is 84.0 cm³/mol. The third-order valence-electron chi connectivity index (χ3n) is 3.47. The first-order chi connectivity index (χ1) is 10.2. The molecule has 0 saturated carbocycles. The van der Waals surface area contributed by atoms with Gasteiger partial charge in [-0.1, -0.05) is 40.2 Å². The number of halogens is 3. The van der Waals surface area contributed by atoms with Crippen LogP contribution in [0.1, 0.15) is 11.1 Å². The van der Waals surface area contributed by atoms with Crippen LogP contribution in [0.3, 0.4) is 0 Å². The van der Waals surface area contributed by atoms with Crippen LogP contribution >= 0.6 is 15.9 Å². The molecular weight excluding hydrogens is 338 g/mol. The molecule has 0 spiro atoms. The van der Waals surface area contributed by atoms with Crippen LogP contribution in [0.5, 0.6) is 5.75 Å². The summed E-state index contributed by atoms with van der Waals surface area (Å²) in [7, 11) is 1.62. The highest BCUT2D eigenvalue weighted by Crippen LogP contribution is 2.25. The third kappa shape index (κ3) is 4.03. The van der Waals surface area contributed by atoms with E-state index in [4.69, 9.17) is 4.74 Å². The number of rotatable bonds is 6. The molecule has 0 aliphatic rings. The third-order valence-corrected chi connectivity index (χ3v) is 4.39. The highest BCUT2D eigenvalue weighted by molar-refractivity contribution is 9.09. The van der Waals surface area contributed by atoms with E-state index in [0.29, 0.717) is 18.2 Å². The van der Waals surface area contributed by atoms with Crippen molar-refractivity contribution in [2.75, 3.05) is 12.4 Å². The molecule has 0 saturated heterocycles. The molecule has 2 aromatic carbocycles. The average Bonchev–Trinajstić information content (AvgIpc) is 2.50. The quantitative estimate of drug-likeness (QED) is 0.679. The number of para-hydroxylation sites is 1. The van der Waals surface area contributed by atoms with Crippen molar-refractivity contribution in [3.05, 3.63) is 65.2 Å². The lowest BCUT2D eigenvalue weighted by Gasteiger charge is -2.17. The van der Waals surface area contributed by atoms with E-state index in [1.165, 1.54) is 18.2 Å². The van der Waals surface area contributed by atoms with Gasteiger partial charge in [-0.2, -0.15) is 0 Å². The Kier molecular flexibility index (Phi) is 5.74. The standard InChI is InChI=1S/C17H17BrF2O/c1-21-17-8-3-2-5-13(17)9-12(11-18)10-14-15(19)6-4-7-16(14)20/h2-8,12H,9-11H2,1H3. The molecule has 0 aliphatic carbocycles. The summed E-state index contributed by atoms with van der Waals surface area (Å²) in [5.74, 6) is -0.0768.